The van der Waals surface area contributed by atoms with Gasteiger partial charge in [-0.1, -0.05) is 0 Å². The van der Waals surface area contributed by atoms with E-state index in [0.717, 1.165) is 10.4 Å². The molecule has 2 heterocycles. The second kappa shape index (κ2) is 8.97. The maximum Gasteiger partial charge on any atom is 0.256 e. The van der Waals surface area contributed by atoms with E-state index in [9.17, 15) is 14.9 Å². The number of hydrogen-bond acceptors (Lipinski definition) is 6. The monoisotopic (exact) mass is 413 g/mol. The Bertz CT molecular complexity index is 977. The second-order valence-electron chi connectivity index (χ2n) is 6.49. The van der Waals surface area contributed by atoms with Crippen LogP contribution < -0.4 is 14.8 Å². The average molecular weight is 413 g/mol. The van der Waals surface area contributed by atoms with E-state index in [0.29, 0.717) is 60.4 Å². The van der Waals surface area contributed by atoms with E-state index < -0.39 is 0 Å². The van der Waals surface area contributed by atoms with Gasteiger partial charge in [-0.15, -0.1) is 11.3 Å². The first-order chi connectivity index (χ1) is 14.0. The summed E-state index contributed by atoms with van der Waals surface area (Å²) in [7, 11) is 0. The lowest BCUT2D eigenvalue weighted by atomic mass is 10.0. The number of benzene rings is 1. The van der Waals surface area contributed by atoms with Gasteiger partial charge in [-0.3, -0.25) is 9.59 Å². The zero-order valence-corrected chi connectivity index (χ0v) is 17.5. The average Bonchev–Trinajstić information content (AvgIpc) is 3.05. The van der Waals surface area contributed by atoms with Crippen molar-refractivity contribution in [1.82, 2.24) is 4.90 Å². The third-order valence-electron chi connectivity index (χ3n) is 4.65. The molecule has 2 amide bonds. The maximum absolute atomic E-state index is 12.8. The van der Waals surface area contributed by atoms with Gasteiger partial charge in [-0.2, -0.15) is 5.26 Å². The Morgan fingerprint density at radius 1 is 1.24 bits per heavy atom. The summed E-state index contributed by atoms with van der Waals surface area (Å²) in [6.45, 7) is 7.28. The summed E-state index contributed by atoms with van der Waals surface area (Å²) in [6.07, 6.45) is 0.613. The van der Waals surface area contributed by atoms with Crippen LogP contribution in [0.3, 0.4) is 0 Å². The predicted molar refractivity (Wildman–Crippen MR) is 111 cm³/mol. The van der Waals surface area contributed by atoms with Crippen LogP contribution in [0.1, 0.15) is 47.1 Å². The first-order valence-electron chi connectivity index (χ1n) is 9.49. The molecule has 7 nitrogen and oxygen atoms in total. The fourth-order valence-electron chi connectivity index (χ4n) is 3.25. The van der Waals surface area contributed by atoms with Gasteiger partial charge in [0.1, 0.15) is 11.1 Å². The van der Waals surface area contributed by atoms with Crippen molar-refractivity contribution in [3.8, 4) is 17.6 Å². The molecule has 1 aliphatic rings. The Kier molecular flexibility index (Phi) is 6.39. The van der Waals surface area contributed by atoms with Crippen molar-refractivity contribution in [3.05, 3.63) is 39.8 Å². The predicted octanol–water partition coefficient (Wildman–Crippen LogP) is 3.57. The third-order valence-corrected chi connectivity index (χ3v) is 5.78. The molecule has 0 saturated carbocycles. The highest BCUT2D eigenvalue weighted by molar-refractivity contribution is 7.16. The highest BCUT2D eigenvalue weighted by Gasteiger charge is 2.26. The number of carbonyl (C=O) groups is 2. The van der Waals surface area contributed by atoms with Gasteiger partial charge in [-0.05, 0) is 44.0 Å². The summed E-state index contributed by atoms with van der Waals surface area (Å²) in [4.78, 5) is 27.2. The number of amides is 2. The van der Waals surface area contributed by atoms with Gasteiger partial charge in [0.05, 0.1) is 25.3 Å². The van der Waals surface area contributed by atoms with Crippen LogP contribution in [-0.2, 0) is 17.8 Å². The molecule has 2 aromatic rings. The Morgan fingerprint density at radius 3 is 2.62 bits per heavy atom. The summed E-state index contributed by atoms with van der Waals surface area (Å²) in [6, 6.07) is 7.22. The van der Waals surface area contributed by atoms with Gasteiger partial charge in [0.15, 0.2) is 11.5 Å². The minimum atomic E-state index is -0.326. The first-order valence-corrected chi connectivity index (χ1v) is 10.3. The van der Waals surface area contributed by atoms with Crippen LogP contribution in [0.5, 0.6) is 11.5 Å². The van der Waals surface area contributed by atoms with Gasteiger partial charge >= 0.3 is 0 Å². The molecule has 1 aromatic carbocycles. The summed E-state index contributed by atoms with van der Waals surface area (Å²) in [5, 5.41) is 13.0. The second-order valence-corrected chi connectivity index (χ2v) is 7.60. The number of nitrogens with one attached hydrogen (secondary N) is 1. The van der Waals surface area contributed by atoms with Crippen molar-refractivity contribution in [3.63, 3.8) is 0 Å². The van der Waals surface area contributed by atoms with Crippen molar-refractivity contribution in [1.29, 1.82) is 5.26 Å². The zero-order valence-electron chi connectivity index (χ0n) is 16.7. The molecule has 0 unspecified atom stereocenters. The molecule has 0 fully saturated rings. The van der Waals surface area contributed by atoms with E-state index in [1.165, 1.54) is 18.3 Å². The lowest BCUT2D eigenvalue weighted by molar-refractivity contribution is -0.129. The Hall–Kier alpha value is -3.05. The molecular formula is C21H23N3O4S. The molecule has 29 heavy (non-hydrogen) atoms. The molecule has 1 N–H and O–H groups in total. The number of nitrogens with zero attached hydrogens (tertiary/aromatic N) is 2. The lowest BCUT2D eigenvalue weighted by Crippen LogP contribution is -2.33. The summed E-state index contributed by atoms with van der Waals surface area (Å²) >= 11 is 1.35. The van der Waals surface area contributed by atoms with Crippen molar-refractivity contribution in [2.45, 2.75) is 33.7 Å². The minimum Gasteiger partial charge on any atom is -0.490 e. The largest absolute Gasteiger partial charge is 0.490 e. The van der Waals surface area contributed by atoms with Gasteiger partial charge in [0, 0.05) is 23.9 Å². The van der Waals surface area contributed by atoms with Crippen LogP contribution in [0.4, 0.5) is 5.00 Å². The highest BCUT2D eigenvalue weighted by Crippen LogP contribution is 2.37. The van der Waals surface area contributed by atoms with Gasteiger partial charge in [-0.25, -0.2) is 0 Å². The number of ether oxygens (including phenoxy) is 2. The van der Waals surface area contributed by atoms with Crippen molar-refractivity contribution < 1.29 is 19.1 Å². The molecule has 1 aliphatic heterocycles. The van der Waals surface area contributed by atoms with Crippen LogP contribution >= 0.6 is 11.3 Å². The van der Waals surface area contributed by atoms with E-state index in [1.807, 2.05) is 13.8 Å². The molecule has 8 heteroatoms. The standard InChI is InChI=1S/C21H23N3O4S/c1-4-27-17-7-6-14(10-18(17)28-5-2)20(26)23-21-16(11-22)15-8-9-24(13(3)25)12-19(15)29-21/h6-7,10H,4-5,8-9,12H2,1-3H3,(H,23,26). The molecule has 0 saturated heterocycles. The van der Waals surface area contributed by atoms with Crippen LogP contribution in [0.25, 0.3) is 0 Å². The number of nitriles is 1. The van der Waals surface area contributed by atoms with Crippen molar-refractivity contribution in [2.24, 2.45) is 0 Å². The molecule has 0 aliphatic carbocycles. The minimum absolute atomic E-state index is 0.00554. The number of thiophene rings is 1. The van der Waals surface area contributed by atoms with Crippen LogP contribution in [-0.4, -0.2) is 36.5 Å². The smallest absolute Gasteiger partial charge is 0.256 e. The quantitative estimate of drug-likeness (QED) is 0.782. The van der Waals surface area contributed by atoms with Crippen LogP contribution in [0.15, 0.2) is 18.2 Å². The molecule has 3 rings (SSSR count). The number of carbonyl (C=O) groups excluding carboxylic acids is 2. The van der Waals surface area contributed by atoms with Crippen LogP contribution in [0, 0.1) is 11.3 Å². The summed E-state index contributed by atoms with van der Waals surface area (Å²) < 4.78 is 11.1. The molecule has 0 spiro atoms. The molecule has 1 aromatic heterocycles. The summed E-state index contributed by atoms with van der Waals surface area (Å²) in [5.41, 5.74) is 1.82. The molecule has 0 radical (unpaired) electrons. The van der Waals surface area contributed by atoms with Crippen molar-refractivity contribution >= 4 is 28.2 Å². The zero-order chi connectivity index (χ0) is 21.0. The fourth-order valence-corrected chi connectivity index (χ4v) is 4.46. The number of hydrogen-bond donors (Lipinski definition) is 1. The molecule has 0 atom stereocenters. The van der Waals surface area contributed by atoms with E-state index in [-0.39, 0.29) is 11.8 Å². The maximum atomic E-state index is 12.8. The molecule has 0 bridgehead atoms. The number of fused-ring (bicyclic) bond motifs is 1. The fraction of sp³-hybridized carbons (Fsp3) is 0.381. The van der Waals surface area contributed by atoms with E-state index >= 15 is 0 Å². The third kappa shape index (κ3) is 4.35. The number of rotatable bonds is 6. The van der Waals surface area contributed by atoms with Crippen LogP contribution in [0.2, 0.25) is 0 Å². The first kappa shape index (κ1) is 20.7. The number of anilines is 1. The highest BCUT2D eigenvalue weighted by atomic mass is 32.1. The van der Waals surface area contributed by atoms with E-state index in [2.05, 4.69) is 11.4 Å². The van der Waals surface area contributed by atoms with Gasteiger partial charge in [0.2, 0.25) is 5.91 Å². The topological polar surface area (TPSA) is 91.7 Å². The Labute approximate surface area is 173 Å². The Balaban J connectivity index is 1.85. The SMILES string of the molecule is CCOc1ccc(C(=O)Nc2sc3c(c2C#N)CCN(C(C)=O)C3)cc1OCC. The van der Waals surface area contributed by atoms with Gasteiger partial charge in [0.25, 0.3) is 5.91 Å². The van der Waals surface area contributed by atoms with Gasteiger partial charge < -0.3 is 19.7 Å². The Morgan fingerprint density at radius 2 is 1.97 bits per heavy atom. The van der Waals surface area contributed by atoms with Crippen molar-refractivity contribution in [2.75, 3.05) is 25.1 Å². The van der Waals surface area contributed by atoms with E-state index in [1.54, 1.807) is 23.1 Å². The molecule has 152 valence electrons. The summed E-state index contributed by atoms with van der Waals surface area (Å²) in [5.74, 6) is 0.767. The van der Waals surface area contributed by atoms with E-state index in [4.69, 9.17) is 9.47 Å². The molecular weight excluding hydrogens is 390 g/mol. The normalized spacial score (nSPS) is 12.7. The lowest BCUT2D eigenvalue weighted by Gasteiger charge is -2.25.